The van der Waals surface area contributed by atoms with E-state index in [9.17, 15) is 9.59 Å². The topological polar surface area (TPSA) is 84.5 Å². The number of carbonyl (C=O) groups is 1. The summed E-state index contributed by atoms with van der Waals surface area (Å²) in [7, 11) is 0. The molecule has 0 fully saturated rings. The van der Waals surface area contributed by atoms with Crippen molar-refractivity contribution in [2.75, 3.05) is 26.2 Å². The van der Waals surface area contributed by atoms with Crippen molar-refractivity contribution in [3.05, 3.63) is 75.3 Å². The normalized spacial score (nSPS) is 11.5. The van der Waals surface area contributed by atoms with Crippen LogP contribution < -0.4 is 10.9 Å². The minimum atomic E-state index is -0.156. The Labute approximate surface area is 203 Å². The number of hydrogen-bond acceptors (Lipinski definition) is 5. The summed E-state index contributed by atoms with van der Waals surface area (Å²) in [6, 6.07) is 14.8. The number of halogens is 1. The Morgan fingerprint density at radius 3 is 2.56 bits per heavy atom. The number of carbonyl (C=O) groups excluding carboxylic acids is 1. The third-order valence-electron chi connectivity index (χ3n) is 6.08. The lowest BCUT2D eigenvalue weighted by Gasteiger charge is -2.17. The van der Waals surface area contributed by atoms with E-state index in [1.165, 1.54) is 0 Å². The van der Waals surface area contributed by atoms with Crippen molar-refractivity contribution >= 4 is 34.2 Å². The van der Waals surface area contributed by atoms with Crippen molar-refractivity contribution in [1.82, 2.24) is 29.4 Å². The largest absolute Gasteiger partial charge is 0.355 e. The lowest BCUT2D eigenvalue weighted by molar-refractivity contribution is -0.121. The average molecular weight is 481 g/mol. The highest BCUT2D eigenvalue weighted by atomic mass is 35.5. The predicted octanol–water partition coefficient (Wildman–Crippen LogP) is 3.14. The van der Waals surface area contributed by atoms with Gasteiger partial charge in [0.25, 0.3) is 5.56 Å². The number of fused-ring (bicyclic) bond motifs is 3. The molecule has 0 saturated carbocycles. The molecular formula is C25H29ClN6O2. The molecule has 0 bridgehead atoms. The number of aryl methyl sites for hydroxylation is 1. The highest BCUT2D eigenvalue weighted by Gasteiger charge is 2.18. The summed E-state index contributed by atoms with van der Waals surface area (Å²) in [5.41, 5.74) is 1.39. The fourth-order valence-corrected chi connectivity index (χ4v) is 4.32. The molecule has 2 heterocycles. The van der Waals surface area contributed by atoms with Crippen LogP contribution in [-0.4, -0.2) is 56.2 Å². The van der Waals surface area contributed by atoms with Gasteiger partial charge in [0.05, 0.1) is 17.4 Å². The molecule has 9 heteroatoms. The van der Waals surface area contributed by atoms with Crippen LogP contribution in [0.2, 0.25) is 5.02 Å². The van der Waals surface area contributed by atoms with Crippen molar-refractivity contribution in [3.63, 3.8) is 0 Å². The Balaban J connectivity index is 1.62. The van der Waals surface area contributed by atoms with Crippen LogP contribution in [0.4, 0.5) is 0 Å². The summed E-state index contributed by atoms with van der Waals surface area (Å²) >= 11 is 6.36. The number of likely N-dealkylation sites (N-methyl/N-ethyl adjacent to an activating group) is 1. The van der Waals surface area contributed by atoms with Crippen LogP contribution in [0.3, 0.4) is 0 Å². The molecule has 178 valence electrons. The maximum absolute atomic E-state index is 13.3. The first-order valence-corrected chi connectivity index (χ1v) is 12.0. The van der Waals surface area contributed by atoms with Gasteiger partial charge in [-0.2, -0.15) is 0 Å². The maximum atomic E-state index is 13.3. The Hall–Kier alpha value is -3.23. The van der Waals surface area contributed by atoms with Gasteiger partial charge in [-0.3, -0.25) is 18.6 Å². The third kappa shape index (κ3) is 4.98. The molecule has 0 aliphatic carbocycles. The van der Waals surface area contributed by atoms with Crippen LogP contribution in [0.1, 0.15) is 31.7 Å². The van der Waals surface area contributed by atoms with Gasteiger partial charge in [0, 0.05) is 31.0 Å². The highest BCUT2D eigenvalue weighted by molar-refractivity contribution is 6.31. The van der Waals surface area contributed by atoms with E-state index in [0.717, 1.165) is 30.7 Å². The second-order valence-corrected chi connectivity index (χ2v) is 8.54. The molecule has 0 aliphatic heterocycles. The summed E-state index contributed by atoms with van der Waals surface area (Å²) in [5.74, 6) is 1.04. The summed E-state index contributed by atoms with van der Waals surface area (Å²) in [5, 5.41) is 12.8. The lowest BCUT2D eigenvalue weighted by Crippen LogP contribution is -2.34. The zero-order valence-electron chi connectivity index (χ0n) is 19.5. The molecule has 34 heavy (non-hydrogen) atoms. The maximum Gasteiger partial charge on any atom is 0.263 e. The number of aromatic nitrogens is 4. The minimum absolute atomic E-state index is 0.0300. The first-order valence-electron chi connectivity index (χ1n) is 11.6. The van der Waals surface area contributed by atoms with E-state index in [-0.39, 0.29) is 24.4 Å². The summed E-state index contributed by atoms with van der Waals surface area (Å²) in [6.07, 6.45) is 0.698. The second kappa shape index (κ2) is 10.8. The number of hydrogen-bond donors (Lipinski definition) is 1. The Morgan fingerprint density at radius 1 is 1.06 bits per heavy atom. The van der Waals surface area contributed by atoms with Crippen molar-refractivity contribution in [3.8, 4) is 0 Å². The van der Waals surface area contributed by atoms with Crippen molar-refractivity contribution < 1.29 is 4.79 Å². The van der Waals surface area contributed by atoms with Gasteiger partial charge in [-0.15, -0.1) is 10.2 Å². The van der Waals surface area contributed by atoms with Gasteiger partial charge < -0.3 is 10.2 Å². The highest BCUT2D eigenvalue weighted by Crippen LogP contribution is 2.19. The van der Waals surface area contributed by atoms with E-state index in [0.29, 0.717) is 35.0 Å². The van der Waals surface area contributed by atoms with E-state index in [2.05, 4.69) is 34.3 Å². The monoisotopic (exact) mass is 480 g/mol. The molecular weight excluding hydrogens is 452 g/mol. The fraction of sp³-hybridized carbons (Fsp3) is 0.360. The van der Waals surface area contributed by atoms with Crippen LogP contribution in [0.15, 0.2) is 53.3 Å². The lowest BCUT2D eigenvalue weighted by atomic mass is 10.2. The molecule has 0 unspecified atom stereocenters. The molecule has 2 aromatic heterocycles. The standard InChI is InChI=1S/C25H29ClN6O2/c1-3-30(4-2)16-15-27-23(33)14-13-22-28-29-25-31(17-18-9-5-7-11-20(18)26)24(34)19-10-6-8-12-21(19)32(22)25/h5-12H,3-4,13-17H2,1-2H3,(H,27,33). The van der Waals surface area contributed by atoms with Crippen LogP contribution in [-0.2, 0) is 17.8 Å². The molecule has 8 nitrogen and oxygen atoms in total. The van der Waals surface area contributed by atoms with Gasteiger partial charge in [0.15, 0.2) is 0 Å². The van der Waals surface area contributed by atoms with Crippen molar-refractivity contribution in [1.29, 1.82) is 0 Å². The van der Waals surface area contributed by atoms with E-state index < -0.39 is 0 Å². The molecule has 1 N–H and O–H groups in total. The van der Waals surface area contributed by atoms with Gasteiger partial charge >= 0.3 is 0 Å². The summed E-state index contributed by atoms with van der Waals surface area (Å²) in [6.45, 7) is 7.85. The predicted molar refractivity (Wildman–Crippen MR) is 134 cm³/mol. The zero-order valence-corrected chi connectivity index (χ0v) is 20.3. The Kier molecular flexibility index (Phi) is 7.59. The first-order chi connectivity index (χ1) is 16.5. The molecule has 2 aromatic carbocycles. The van der Waals surface area contributed by atoms with E-state index in [1.807, 2.05) is 40.8 Å². The summed E-state index contributed by atoms with van der Waals surface area (Å²) < 4.78 is 3.46. The minimum Gasteiger partial charge on any atom is -0.355 e. The Morgan fingerprint density at radius 2 is 1.79 bits per heavy atom. The average Bonchev–Trinajstić information content (AvgIpc) is 3.28. The molecule has 0 aliphatic rings. The third-order valence-corrected chi connectivity index (χ3v) is 6.45. The van der Waals surface area contributed by atoms with Crippen LogP contribution >= 0.6 is 11.6 Å². The fourth-order valence-electron chi connectivity index (χ4n) is 4.12. The molecule has 0 spiro atoms. The van der Waals surface area contributed by atoms with E-state index >= 15 is 0 Å². The molecule has 1 amide bonds. The number of nitrogens with one attached hydrogen (secondary N) is 1. The molecule has 4 aromatic rings. The van der Waals surface area contributed by atoms with Crippen LogP contribution in [0.5, 0.6) is 0 Å². The quantitative estimate of drug-likeness (QED) is 0.377. The van der Waals surface area contributed by atoms with Gasteiger partial charge in [0.1, 0.15) is 5.82 Å². The van der Waals surface area contributed by atoms with Crippen LogP contribution in [0.25, 0.3) is 16.7 Å². The van der Waals surface area contributed by atoms with Crippen molar-refractivity contribution in [2.45, 2.75) is 33.2 Å². The number of amides is 1. The smallest absolute Gasteiger partial charge is 0.263 e. The molecule has 4 rings (SSSR count). The number of benzene rings is 2. The van der Waals surface area contributed by atoms with Gasteiger partial charge in [-0.05, 0) is 36.9 Å². The first kappa shape index (κ1) is 23.9. The van der Waals surface area contributed by atoms with E-state index in [1.54, 1.807) is 16.7 Å². The van der Waals surface area contributed by atoms with Gasteiger partial charge in [-0.1, -0.05) is 55.8 Å². The zero-order chi connectivity index (χ0) is 24.1. The molecule has 0 atom stereocenters. The van der Waals surface area contributed by atoms with Gasteiger partial charge in [0.2, 0.25) is 11.7 Å². The number of nitrogens with zero attached hydrogens (tertiary/aromatic N) is 5. The SMILES string of the molecule is CCN(CC)CCNC(=O)CCc1nnc2n(Cc3ccccc3Cl)c(=O)c3ccccc3n12. The Bertz CT molecular complexity index is 1360. The number of rotatable bonds is 10. The van der Waals surface area contributed by atoms with E-state index in [4.69, 9.17) is 11.6 Å². The molecule has 0 radical (unpaired) electrons. The van der Waals surface area contributed by atoms with Gasteiger partial charge in [-0.25, -0.2) is 0 Å². The summed E-state index contributed by atoms with van der Waals surface area (Å²) in [4.78, 5) is 28.0. The molecule has 0 saturated heterocycles. The second-order valence-electron chi connectivity index (χ2n) is 8.13. The van der Waals surface area contributed by atoms with Crippen molar-refractivity contribution in [2.24, 2.45) is 0 Å². The number of para-hydroxylation sites is 1. The van der Waals surface area contributed by atoms with Crippen LogP contribution in [0, 0.1) is 0 Å².